The smallest absolute Gasteiger partial charge is 0.159 e. The second-order valence-corrected chi connectivity index (χ2v) is 13.1. The highest BCUT2D eigenvalue weighted by atomic mass is 15.2. The molecule has 0 spiro atoms. The molecule has 1 unspecified atom stereocenters. The third-order valence-corrected chi connectivity index (χ3v) is 9.95. The van der Waals surface area contributed by atoms with Crippen molar-refractivity contribution < 1.29 is 0 Å². The van der Waals surface area contributed by atoms with E-state index < -0.39 is 0 Å². The van der Waals surface area contributed by atoms with E-state index in [9.17, 15) is 0 Å². The van der Waals surface area contributed by atoms with E-state index in [0.717, 1.165) is 71.7 Å². The summed E-state index contributed by atoms with van der Waals surface area (Å²) in [6, 6.07) is 59.3. The number of nitrogens with one attached hydrogen (secondary N) is 1. The van der Waals surface area contributed by atoms with E-state index in [4.69, 9.17) is 15.0 Å². The van der Waals surface area contributed by atoms with Crippen LogP contribution in [0.25, 0.3) is 65.7 Å². The van der Waals surface area contributed by atoms with Crippen LogP contribution in [0.3, 0.4) is 0 Å². The predicted molar refractivity (Wildman–Crippen MR) is 215 cm³/mol. The SMILES string of the molecule is c1ccc(C2=NC(c3ccc4cc(-c5ccc6ccc7cccnc7c6n5)ccc4c3)=NC(c3cccc4c(-c5ccccc5)cccc34)N2)cc1. The number of pyridine rings is 2. The van der Waals surface area contributed by atoms with Crippen LogP contribution in [0.1, 0.15) is 22.9 Å². The fraction of sp³-hybridized carbons (Fsp3) is 0.0213. The molecule has 2 aromatic heterocycles. The summed E-state index contributed by atoms with van der Waals surface area (Å²) < 4.78 is 0. The number of aromatic nitrogens is 2. The molecule has 0 radical (unpaired) electrons. The monoisotopic (exact) mass is 665 g/mol. The molecule has 7 aromatic carbocycles. The van der Waals surface area contributed by atoms with Crippen LogP contribution in [0.5, 0.6) is 0 Å². The van der Waals surface area contributed by atoms with E-state index in [2.05, 4.69) is 156 Å². The zero-order valence-electron chi connectivity index (χ0n) is 28.1. The first-order valence-electron chi connectivity index (χ1n) is 17.5. The number of benzene rings is 7. The van der Waals surface area contributed by atoms with Crippen molar-refractivity contribution in [1.29, 1.82) is 0 Å². The molecule has 10 rings (SSSR count). The number of hydrogen-bond acceptors (Lipinski definition) is 5. The number of aliphatic imine (C=N–C) groups is 2. The van der Waals surface area contributed by atoms with E-state index in [1.54, 1.807) is 0 Å². The lowest BCUT2D eigenvalue weighted by molar-refractivity contribution is 0.679. The van der Waals surface area contributed by atoms with Crippen LogP contribution in [0.2, 0.25) is 0 Å². The molecule has 0 saturated carbocycles. The molecule has 5 nitrogen and oxygen atoms in total. The molecule has 1 N–H and O–H groups in total. The molecule has 9 aromatic rings. The molecule has 0 amide bonds. The van der Waals surface area contributed by atoms with Crippen molar-refractivity contribution in [3.63, 3.8) is 0 Å². The van der Waals surface area contributed by atoms with Gasteiger partial charge in [-0.2, -0.15) is 0 Å². The lowest BCUT2D eigenvalue weighted by Crippen LogP contribution is -2.33. The van der Waals surface area contributed by atoms with Gasteiger partial charge in [0.15, 0.2) is 5.84 Å². The van der Waals surface area contributed by atoms with Gasteiger partial charge in [0.05, 0.1) is 16.7 Å². The first-order chi connectivity index (χ1) is 25.7. The van der Waals surface area contributed by atoms with Gasteiger partial charge in [-0.3, -0.25) is 4.98 Å². The summed E-state index contributed by atoms with van der Waals surface area (Å²) in [4.78, 5) is 20.1. The number of fused-ring (bicyclic) bond motifs is 5. The predicted octanol–water partition coefficient (Wildman–Crippen LogP) is 10.9. The largest absolute Gasteiger partial charge is 0.344 e. The number of hydrogen-bond donors (Lipinski definition) is 1. The Morgan fingerprint density at radius 1 is 0.462 bits per heavy atom. The van der Waals surface area contributed by atoms with Crippen LogP contribution < -0.4 is 5.32 Å². The Labute approximate surface area is 300 Å². The first kappa shape index (κ1) is 29.9. The van der Waals surface area contributed by atoms with Gasteiger partial charge >= 0.3 is 0 Å². The highest BCUT2D eigenvalue weighted by Gasteiger charge is 2.23. The first-order valence-corrected chi connectivity index (χ1v) is 17.5. The number of nitrogens with zero attached hydrogens (tertiary/aromatic N) is 4. The average molecular weight is 666 g/mol. The Morgan fingerprint density at radius 3 is 1.96 bits per heavy atom. The van der Waals surface area contributed by atoms with Crippen molar-refractivity contribution in [3.05, 3.63) is 193 Å². The van der Waals surface area contributed by atoms with Gasteiger partial charge in [0, 0.05) is 39.2 Å². The van der Waals surface area contributed by atoms with Gasteiger partial charge in [0.25, 0.3) is 0 Å². The minimum atomic E-state index is -0.333. The van der Waals surface area contributed by atoms with Gasteiger partial charge in [-0.1, -0.05) is 146 Å². The molecule has 3 heterocycles. The maximum Gasteiger partial charge on any atom is 0.159 e. The molecule has 1 atom stereocenters. The number of rotatable bonds is 5. The quantitative estimate of drug-likeness (QED) is 0.186. The fourth-order valence-electron chi connectivity index (χ4n) is 7.35. The molecule has 0 aliphatic carbocycles. The minimum Gasteiger partial charge on any atom is -0.344 e. The molecule has 1 aliphatic heterocycles. The molecule has 1 aliphatic rings. The Kier molecular flexibility index (Phi) is 7.14. The summed E-state index contributed by atoms with van der Waals surface area (Å²) >= 11 is 0. The lowest BCUT2D eigenvalue weighted by atomic mass is 9.94. The molecule has 0 bridgehead atoms. The standard InChI is InChI=1S/C47H31N5/c1-3-10-30(11-4-1)38-15-7-17-40-39(38)16-8-18-41(40)47-51-45(33-12-5-2-6-13-33)50-46(52-47)37-24-22-34-28-36(23-21-35(34)29-37)42-26-25-32-20-19-31-14-9-27-48-43(31)44(32)49-42/h1-29,47H,(H,50,51,52). The highest BCUT2D eigenvalue weighted by molar-refractivity contribution is 6.14. The van der Waals surface area contributed by atoms with Crippen LogP contribution in [-0.4, -0.2) is 21.6 Å². The van der Waals surface area contributed by atoms with Crippen molar-refractivity contribution in [2.75, 3.05) is 0 Å². The summed E-state index contributed by atoms with van der Waals surface area (Å²) in [6.45, 7) is 0. The highest BCUT2D eigenvalue weighted by Crippen LogP contribution is 2.35. The normalized spacial score (nSPS) is 14.3. The second kappa shape index (κ2) is 12.4. The minimum absolute atomic E-state index is 0.333. The lowest BCUT2D eigenvalue weighted by Gasteiger charge is -2.25. The summed E-state index contributed by atoms with van der Waals surface area (Å²) in [5, 5.41) is 10.4. The molecular formula is C47H31N5. The Morgan fingerprint density at radius 2 is 1.13 bits per heavy atom. The van der Waals surface area contributed by atoms with E-state index in [-0.39, 0.29) is 6.17 Å². The topological polar surface area (TPSA) is 62.5 Å². The summed E-state index contributed by atoms with van der Waals surface area (Å²) in [5.41, 5.74) is 9.30. The zero-order valence-corrected chi connectivity index (χ0v) is 28.1. The summed E-state index contributed by atoms with van der Waals surface area (Å²) in [5.74, 6) is 1.49. The van der Waals surface area contributed by atoms with Gasteiger partial charge in [-0.15, -0.1) is 0 Å². The molecular weight excluding hydrogens is 635 g/mol. The van der Waals surface area contributed by atoms with E-state index in [0.29, 0.717) is 5.84 Å². The van der Waals surface area contributed by atoms with Crippen LogP contribution in [0.4, 0.5) is 0 Å². The Balaban J connectivity index is 1.06. The zero-order chi connectivity index (χ0) is 34.4. The van der Waals surface area contributed by atoms with Gasteiger partial charge in [-0.05, 0) is 56.9 Å². The van der Waals surface area contributed by atoms with E-state index in [1.165, 1.54) is 16.5 Å². The molecule has 244 valence electrons. The molecule has 0 saturated heterocycles. The van der Waals surface area contributed by atoms with Crippen molar-refractivity contribution in [1.82, 2.24) is 15.3 Å². The number of amidine groups is 2. The third kappa shape index (κ3) is 5.27. The molecule has 5 heteroatoms. The fourth-order valence-corrected chi connectivity index (χ4v) is 7.35. The maximum absolute atomic E-state index is 5.28. The van der Waals surface area contributed by atoms with Crippen LogP contribution in [0, 0.1) is 0 Å². The van der Waals surface area contributed by atoms with E-state index >= 15 is 0 Å². The molecule has 0 fully saturated rings. The van der Waals surface area contributed by atoms with Crippen LogP contribution in [0.15, 0.2) is 186 Å². The maximum atomic E-state index is 5.28. The van der Waals surface area contributed by atoms with Crippen molar-refractivity contribution in [3.8, 4) is 22.4 Å². The van der Waals surface area contributed by atoms with Crippen LogP contribution in [-0.2, 0) is 0 Å². The van der Waals surface area contributed by atoms with E-state index in [1.807, 2.05) is 30.5 Å². The Hall–Kier alpha value is -6.98. The Bertz CT molecular complexity index is 2880. The van der Waals surface area contributed by atoms with Crippen LogP contribution >= 0.6 is 0 Å². The average Bonchev–Trinajstić information content (AvgIpc) is 3.23. The van der Waals surface area contributed by atoms with Crippen molar-refractivity contribution in [2.24, 2.45) is 9.98 Å². The second-order valence-electron chi connectivity index (χ2n) is 13.1. The summed E-state index contributed by atoms with van der Waals surface area (Å²) in [7, 11) is 0. The van der Waals surface area contributed by atoms with Gasteiger partial charge < -0.3 is 5.32 Å². The van der Waals surface area contributed by atoms with Gasteiger partial charge in [-0.25, -0.2) is 15.0 Å². The van der Waals surface area contributed by atoms with Gasteiger partial charge in [0.1, 0.15) is 12.0 Å². The third-order valence-electron chi connectivity index (χ3n) is 9.95. The van der Waals surface area contributed by atoms with Gasteiger partial charge in [0.2, 0.25) is 0 Å². The molecule has 52 heavy (non-hydrogen) atoms. The summed E-state index contributed by atoms with van der Waals surface area (Å²) in [6.07, 6.45) is 1.50. The van der Waals surface area contributed by atoms with Crippen molar-refractivity contribution >= 4 is 55.0 Å². The van der Waals surface area contributed by atoms with Crippen molar-refractivity contribution in [2.45, 2.75) is 6.17 Å².